The van der Waals surface area contributed by atoms with Gasteiger partial charge in [-0.05, 0) is 86.2 Å². The third-order valence-electron chi connectivity index (χ3n) is 4.52. The van der Waals surface area contributed by atoms with Crippen LogP contribution in [-0.2, 0) is 3.07 Å². The summed E-state index contributed by atoms with van der Waals surface area (Å²) in [7, 11) is 0. The minimum absolute atomic E-state index is 0.421. The second-order valence-electron chi connectivity index (χ2n) is 6.45. The number of aryl methyl sites for hydroxylation is 4. The van der Waals surface area contributed by atoms with Crippen molar-refractivity contribution in [3.8, 4) is 0 Å². The van der Waals surface area contributed by atoms with Crippen LogP contribution in [-0.4, -0.2) is 3.51 Å². The van der Waals surface area contributed by atoms with Crippen LogP contribution in [0.15, 0.2) is 48.6 Å². The number of benzene rings is 2. The fourth-order valence-corrected chi connectivity index (χ4v) is 4.08. The summed E-state index contributed by atoms with van der Waals surface area (Å²) in [5, 5.41) is 0. The first-order valence-electron chi connectivity index (χ1n) is 8.18. The minimum atomic E-state index is -0.421. The van der Waals surface area contributed by atoms with Crippen LogP contribution in [0, 0.1) is 27.7 Å². The highest BCUT2D eigenvalue weighted by Crippen LogP contribution is 2.32. The zero-order valence-electron chi connectivity index (χ0n) is 14.9. The number of hydrogen-bond donors (Lipinski definition) is 0. The molecule has 0 fully saturated rings. The van der Waals surface area contributed by atoms with Gasteiger partial charge < -0.3 is 3.07 Å². The highest BCUT2D eigenvalue weighted by molar-refractivity contribution is 14.2. The number of rotatable bonds is 2. The van der Waals surface area contributed by atoms with Crippen LogP contribution < -0.4 is 0 Å². The molecule has 1 aliphatic rings. The molecule has 0 amide bonds. The summed E-state index contributed by atoms with van der Waals surface area (Å²) >= 11 is -0.421. The zero-order chi connectivity index (χ0) is 17.3. The van der Waals surface area contributed by atoms with E-state index in [1.807, 2.05) is 0 Å². The second kappa shape index (κ2) is 7.06. The summed E-state index contributed by atoms with van der Waals surface area (Å²) in [6.45, 7) is 10.8. The first-order chi connectivity index (χ1) is 11.4. The maximum atomic E-state index is 6.18. The van der Waals surface area contributed by atoms with Crippen molar-refractivity contribution >= 4 is 36.0 Å². The molecule has 0 N–H and O–H groups in total. The van der Waals surface area contributed by atoms with Crippen LogP contribution in [0.25, 0.3) is 11.3 Å². The molecule has 0 bridgehead atoms. The largest absolute Gasteiger partial charge is 0.435 e. The van der Waals surface area contributed by atoms with E-state index in [-0.39, 0.29) is 0 Å². The Balaban J connectivity index is 2.08. The Morgan fingerprint density at radius 3 is 1.88 bits per heavy atom. The Kier molecular flexibility index (Phi) is 5.04. The normalized spacial score (nSPS) is 14.6. The number of allylic oxidation sites excluding steroid dienone is 3. The molecule has 2 aromatic carbocycles. The molecule has 3 rings (SSSR count). The fraction of sp³-hybridized carbons (Fsp3) is 0.227. The van der Waals surface area contributed by atoms with E-state index in [0.29, 0.717) is 0 Å². The van der Waals surface area contributed by atoms with Gasteiger partial charge in [-0.25, -0.2) is 0 Å². The van der Waals surface area contributed by atoms with Crippen molar-refractivity contribution in [2.75, 3.05) is 0 Å². The highest BCUT2D eigenvalue weighted by atomic mass is 127. The molecular weight excluding hydrogens is 407 g/mol. The molecular formula is C22H23IO. The quantitative estimate of drug-likeness (QED) is 0.498. The first kappa shape index (κ1) is 17.2. The van der Waals surface area contributed by atoms with E-state index in [4.69, 9.17) is 3.07 Å². The van der Waals surface area contributed by atoms with Crippen LogP contribution in [0.1, 0.15) is 40.3 Å². The number of hydrogen-bond acceptors (Lipinski definition) is 1. The monoisotopic (exact) mass is 430 g/mol. The van der Waals surface area contributed by atoms with Gasteiger partial charge in [0, 0.05) is 9.07 Å². The van der Waals surface area contributed by atoms with Gasteiger partial charge in [-0.1, -0.05) is 30.3 Å². The van der Waals surface area contributed by atoms with Gasteiger partial charge in [-0.15, -0.1) is 0 Å². The maximum absolute atomic E-state index is 6.18. The third kappa shape index (κ3) is 3.69. The van der Waals surface area contributed by atoms with Gasteiger partial charge in [0.25, 0.3) is 0 Å². The molecule has 2 aromatic rings. The Labute approximate surface area is 155 Å². The average Bonchev–Trinajstić information content (AvgIpc) is 2.75. The third-order valence-corrected chi connectivity index (χ3v) is 6.22. The fourth-order valence-electron chi connectivity index (χ4n) is 2.65. The molecule has 0 saturated heterocycles. The van der Waals surface area contributed by atoms with Gasteiger partial charge in [0.05, 0.1) is 0 Å². The van der Waals surface area contributed by atoms with Gasteiger partial charge in [-0.3, -0.25) is 0 Å². The molecule has 1 nitrogen and oxygen atoms in total. The smallest absolute Gasteiger partial charge is 0.140 e. The number of halogens is 1. The van der Waals surface area contributed by atoms with E-state index in [2.05, 4.69) is 83.2 Å². The average molecular weight is 430 g/mol. The lowest BCUT2D eigenvalue weighted by Gasteiger charge is -2.10. The van der Waals surface area contributed by atoms with Crippen molar-refractivity contribution < 1.29 is 3.07 Å². The van der Waals surface area contributed by atoms with E-state index >= 15 is 0 Å². The summed E-state index contributed by atoms with van der Waals surface area (Å²) in [5.74, 6) is 0.993. The molecule has 24 heavy (non-hydrogen) atoms. The van der Waals surface area contributed by atoms with Crippen LogP contribution in [0.2, 0.25) is 0 Å². The Bertz CT molecular complexity index is 885. The van der Waals surface area contributed by atoms with Gasteiger partial charge in [0.15, 0.2) is 0 Å². The molecule has 1 heterocycles. The van der Waals surface area contributed by atoms with Gasteiger partial charge in [0.1, 0.15) is 26.9 Å². The standard InChI is InChI=1S/C22H23IO/c1-14-6-8-19(10-16(14)3)21-12-18(5)23-24-22(13-21)20-9-7-15(2)17(4)11-20/h6-13H,1-5H3. The Hall–Kier alpha value is -1.68. The van der Waals surface area contributed by atoms with E-state index in [0.717, 1.165) is 5.76 Å². The van der Waals surface area contributed by atoms with Crippen molar-refractivity contribution in [2.24, 2.45) is 0 Å². The van der Waals surface area contributed by atoms with E-state index in [1.165, 1.54) is 42.5 Å². The molecule has 0 atom stereocenters. The predicted octanol–water partition coefficient (Wildman–Crippen LogP) is 6.45. The lowest BCUT2D eigenvalue weighted by atomic mass is 9.97. The molecule has 124 valence electrons. The van der Waals surface area contributed by atoms with Gasteiger partial charge >= 0.3 is 0 Å². The van der Waals surface area contributed by atoms with E-state index < -0.39 is 21.1 Å². The predicted molar refractivity (Wildman–Crippen MR) is 114 cm³/mol. The SMILES string of the molecule is CC1=IOC(c2ccc(C)c(C)c2)=CC(c2ccc(C)c(C)c2)=C1. The van der Waals surface area contributed by atoms with Crippen molar-refractivity contribution in [3.63, 3.8) is 0 Å². The summed E-state index contributed by atoms with van der Waals surface area (Å²) in [6.07, 6.45) is 4.48. The summed E-state index contributed by atoms with van der Waals surface area (Å²) in [5.41, 5.74) is 8.94. The van der Waals surface area contributed by atoms with Gasteiger partial charge in [-0.2, -0.15) is 0 Å². The topological polar surface area (TPSA) is 9.23 Å². The molecule has 2 heteroatoms. The summed E-state index contributed by atoms with van der Waals surface area (Å²) < 4.78 is 7.53. The highest BCUT2D eigenvalue weighted by Gasteiger charge is 2.11. The van der Waals surface area contributed by atoms with Crippen LogP contribution in [0.5, 0.6) is 0 Å². The van der Waals surface area contributed by atoms with E-state index in [9.17, 15) is 0 Å². The lowest BCUT2D eigenvalue weighted by Crippen LogP contribution is -1.91. The Morgan fingerprint density at radius 2 is 1.25 bits per heavy atom. The molecule has 0 spiro atoms. The molecule has 0 unspecified atom stereocenters. The van der Waals surface area contributed by atoms with Crippen molar-refractivity contribution in [1.29, 1.82) is 0 Å². The summed E-state index contributed by atoms with van der Waals surface area (Å²) in [4.78, 5) is 0. The molecule has 0 saturated carbocycles. The van der Waals surface area contributed by atoms with Crippen molar-refractivity contribution in [2.45, 2.75) is 34.6 Å². The van der Waals surface area contributed by atoms with E-state index in [1.54, 1.807) is 0 Å². The van der Waals surface area contributed by atoms with Gasteiger partial charge in [0.2, 0.25) is 0 Å². The molecule has 0 aromatic heterocycles. The lowest BCUT2D eigenvalue weighted by molar-refractivity contribution is 0.675. The molecule has 1 aliphatic heterocycles. The minimum Gasteiger partial charge on any atom is -0.435 e. The van der Waals surface area contributed by atoms with Crippen LogP contribution in [0.4, 0.5) is 0 Å². The van der Waals surface area contributed by atoms with Crippen molar-refractivity contribution in [1.82, 2.24) is 0 Å². The maximum Gasteiger partial charge on any atom is 0.140 e. The second-order valence-corrected chi connectivity index (χ2v) is 9.03. The summed E-state index contributed by atoms with van der Waals surface area (Å²) in [6, 6.07) is 13.2. The van der Waals surface area contributed by atoms with Crippen LogP contribution in [0.3, 0.4) is 0 Å². The van der Waals surface area contributed by atoms with Crippen LogP contribution >= 0.6 is 21.1 Å². The zero-order valence-corrected chi connectivity index (χ0v) is 17.1. The molecule has 0 aliphatic carbocycles. The first-order valence-corrected chi connectivity index (χ1v) is 10.1. The van der Waals surface area contributed by atoms with Crippen molar-refractivity contribution in [3.05, 3.63) is 81.9 Å². The molecule has 0 radical (unpaired) electrons. The Morgan fingerprint density at radius 1 is 0.667 bits per heavy atom.